The van der Waals surface area contributed by atoms with Gasteiger partial charge in [0.2, 0.25) is 0 Å². The Bertz CT molecular complexity index is 1950. The van der Waals surface area contributed by atoms with Crippen molar-refractivity contribution < 1.29 is 45.7 Å². The second kappa shape index (κ2) is 15.0. The first-order valence-corrected chi connectivity index (χ1v) is 17.0. The summed E-state index contributed by atoms with van der Waals surface area (Å²) in [7, 11) is -0.0907. The lowest BCUT2D eigenvalue weighted by Gasteiger charge is -2.22. The Morgan fingerprint density at radius 3 is 2.35 bits per heavy atom. The molecule has 2 aromatic carbocycles. The minimum Gasteiger partial charge on any atom is -0.496 e. The maximum atomic E-state index is 13.9. The molecule has 49 heavy (non-hydrogen) atoms. The first-order valence-electron chi connectivity index (χ1n) is 14.8. The lowest BCUT2D eigenvalue weighted by molar-refractivity contribution is -0.0515. The molecular weight excluding hydrogens is 707 g/mol. The summed E-state index contributed by atoms with van der Waals surface area (Å²) in [6.07, 6.45) is 4.47. The molecule has 2 heterocycles. The van der Waals surface area contributed by atoms with Crippen molar-refractivity contribution in [2.75, 3.05) is 27.8 Å². The molecule has 0 bridgehead atoms. The number of amides is 1. The largest absolute Gasteiger partial charge is 0.496 e. The summed E-state index contributed by atoms with van der Waals surface area (Å²) < 4.78 is 76.5. The summed E-state index contributed by atoms with van der Waals surface area (Å²) in [5.74, 6) is -1.31. The van der Waals surface area contributed by atoms with Crippen molar-refractivity contribution in [2.24, 2.45) is 5.92 Å². The van der Waals surface area contributed by atoms with Gasteiger partial charge in [0.05, 0.1) is 34.2 Å². The van der Waals surface area contributed by atoms with Crippen LogP contribution in [0.3, 0.4) is 0 Å². The van der Waals surface area contributed by atoms with E-state index >= 15 is 0 Å². The summed E-state index contributed by atoms with van der Waals surface area (Å²) >= 11 is 12.8. The molecule has 0 saturated heterocycles. The van der Waals surface area contributed by atoms with Gasteiger partial charge in [0.1, 0.15) is 17.5 Å². The van der Waals surface area contributed by atoms with E-state index in [2.05, 4.69) is 9.72 Å². The van der Waals surface area contributed by atoms with Crippen LogP contribution in [0.15, 0.2) is 72.0 Å². The molecule has 16 heteroatoms. The highest BCUT2D eigenvalue weighted by Crippen LogP contribution is 2.38. The van der Waals surface area contributed by atoms with Crippen molar-refractivity contribution >= 4 is 45.1 Å². The number of ether oxygens (including phenoxy) is 4. The smallest absolute Gasteiger partial charge is 0.387 e. The maximum absolute atomic E-state index is 13.9. The van der Waals surface area contributed by atoms with Crippen molar-refractivity contribution in [3.05, 3.63) is 99.6 Å². The van der Waals surface area contributed by atoms with Gasteiger partial charge >= 0.3 is 12.6 Å². The number of hydrogen-bond donors (Lipinski definition) is 0. The third kappa shape index (κ3) is 8.26. The quantitative estimate of drug-likeness (QED) is 0.131. The average molecular weight is 739 g/mol. The molecule has 260 valence electrons. The zero-order chi connectivity index (χ0) is 35.5. The number of nitrogens with zero attached hydrogens (tertiary/aromatic N) is 3. The fraction of sp³-hybridized carbons (Fsp3) is 0.303. The fourth-order valence-electron chi connectivity index (χ4n) is 4.86. The number of esters is 1. The lowest BCUT2D eigenvalue weighted by atomic mass is 10.0. The zero-order valence-corrected chi connectivity index (χ0v) is 28.8. The molecule has 5 rings (SSSR count). The molecule has 0 aliphatic heterocycles. The standard InChI is InChI=1S/C33H31Cl2F2N3O8S/c1-39(2)31(41)23-14-21(9-11-27(23)45-3)49(43,44)40-12-4-5-26(40)32(42)47-29(15-22-24(34)16-38-17-25(22)35)20-8-10-28(48-33(36)37)30(13-20)46-18-19-6-7-19/h4-5,8-14,16-17,19,29,33H,6-7,15,18H2,1-3H3/t29-/m0/s1. The van der Waals surface area contributed by atoms with E-state index in [9.17, 15) is 26.8 Å². The van der Waals surface area contributed by atoms with Crippen LogP contribution >= 0.6 is 23.2 Å². The molecule has 11 nitrogen and oxygen atoms in total. The van der Waals surface area contributed by atoms with Gasteiger partial charge in [-0.2, -0.15) is 8.78 Å². The SMILES string of the molecule is COc1ccc(S(=O)(=O)n2cccc2C(=O)O[C@@H](Cc2c(Cl)cncc2Cl)c2ccc(OC(F)F)c(OCC3CC3)c2)cc1C(=O)N(C)C. The Kier molecular flexibility index (Phi) is 11.0. The number of pyridine rings is 1. The van der Waals surface area contributed by atoms with Gasteiger partial charge < -0.3 is 23.8 Å². The average Bonchev–Trinajstić information content (AvgIpc) is 3.76. The Labute approximate surface area is 291 Å². The summed E-state index contributed by atoms with van der Waals surface area (Å²) in [6.45, 7) is -2.84. The molecule has 1 aliphatic carbocycles. The maximum Gasteiger partial charge on any atom is 0.387 e. The first kappa shape index (κ1) is 35.9. The number of hydrogen-bond acceptors (Lipinski definition) is 9. The summed E-state index contributed by atoms with van der Waals surface area (Å²) in [6, 6.07) is 10.4. The lowest BCUT2D eigenvalue weighted by Crippen LogP contribution is -2.24. The number of benzene rings is 2. The topological polar surface area (TPSA) is 126 Å². The molecule has 1 aliphatic rings. The van der Waals surface area contributed by atoms with Crippen molar-refractivity contribution in [1.29, 1.82) is 0 Å². The monoisotopic (exact) mass is 737 g/mol. The molecule has 0 radical (unpaired) electrons. The third-order valence-corrected chi connectivity index (χ3v) is 9.94. The molecule has 1 amide bonds. The number of halogens is 4. The van der Waals surface area contributed by atoms with Gasteiger partial charge in [-0.15, -0.1) is 0 Å². The number of aromatic nitrogens is 2. The molecule has 1 saturated carbocycles. The van der Waals surface area contributed by atoms with Crippen molar-refractivity contribution in [3.63, 3.8) is 0 Å². The van der Waals surface area contributed by atoms with Crippen LogP contribution in [0.5, 0.6) is 17.2 Å². The number of carbonyl (C=O) groups is 2. The van der Waals surface area contributed by atoms with Crippen LogP contribution in [-0.4, -0.2) is 68.6 Å². The van der Waals surface area contributed by atoms with Crippen LogP contribution in [0.2, 0.25) is 10.0 Å². The van der Waals surface area contributed by atoms with Crippen LogP contribution in [-0.2, 0) is 21.2 Å². The number of methoxy groups -OCH3 is 1. The number of rotatable bonds is 14. The highest BCUT2D eigenvalue weighted by atomic mass is 35.5. The van der Waals surface area contributed by atoms with Crippen LogP contribution in [0, 0.1) is 5.92 Å². The molecule has 0 N–H and O–H groups in total. The van der Waals surface area contributed by atoms with E-state index in [1.165, 1.54) is 81.0 Å². The summed E-state index contributed by atoms with van der Waals surface area (Å²) in [5, 5.41) is 0.342. The predicted molar refractivity (Wildman–Crippen MR) is 175 cm³/mol. The minimum absolute atomic E-state index is 0.00462. The molecule has 2 aromatic heterocycles. The highest BCUT2D eigenvalue weighted by molar-refractivity contribution is 7.90. The second-order valence-electron chi connectivity index (χ2n) is 11.3. The Balaban J connectivity index is 1.52. The van der Waals surface area contributed by atoms with Gasteiger partial charge in [0.15, 0.2) is 11.5 Å². The molecule has 0 spiro atoms. The van der Waals surface area contributed by atoms with Gasteiger partial charge in [0.25, 0.3) is 15.9 Å². The van der Waals surface area contributed by atoms with Crippen LogP contribution < -0.4 is 14.2 Å². The van der Waals surface area contributed by atoms with Gasteiger partial charge in [-0.1, -0.05) is 29.3 Å². The minimum atomic E-state index is -4.45. The van der Waals surface area contributed by atoms with Crippen LogP contribution in [0.25, 0.3) is 0 Å². The van der Waals surface area contributed by atoms with Crippen LogP contribution in [0.4, 0.5) is 8.78 Å². The fourth-order valence-corrected chi connectivity index (χ4v) is 6.74. The zero-order valence-electron chi connectivity index (χ0n) is 26.4. The molecular formula is C33H31Cl2F2N3O8S. The van der Waals surface area contributed by atoms with Gasteiger partial charge in [0, 0.05) is 39.1 Å². The number of carbonyl (C=O) groups excluding carboxylic acids is 2. The summed E-state index contributed by atoms with van der Waals surface area (Å²) in [4.78, 5) is 31.5. The first-order chi connectivity index (χ1) is 23.3. The summed E-state index contributed by atoms with van der Waals surface area (Å²) in [5.41, 5.74) is 0.294. The van der Waals surface area contributed by atoms with Crippen molar-refractivity contribution in [3.8, 4) is 17.2 Å². The van der Waals surface area contributed by atoms with Gasteiger partial charge in [-0.05, 0) is 72.4 Å². The van der Waals surface area contributed by atoms with Crippen molar-refractivity contribution in [1.82, 2.24) is 13.9 Å². The van der Waals surface area contributed by atoms with E-state index in [4.69, 9.17) is 37.4 Å². The molecule has 1 atom stereocenters. The second-order valence-corrected chi connectivity index (χ2v) is 13.9. The third-order valence-electron chi connectivity index (χ3n) is 7.60. The molecule has 1 fully saturated rings. The number of alkyl halides is 2. The van der Waals surface area contributed by atoms with Gasteiger partial charge in [-0.25, -0.2) is 17.2 Å². The molecule has 4 aromatic rings. The molecule has 0 unspecified atom stereocenters. The van der Waals surface area contributed by atoms with E-state index in [1.54, 1.807) is 0 Å². The predicted octanol–water partition coefficient (Wildman–Crippen LogP) is 6.67. The highest BCUT2D eigenvalue weighted by Gasteiger charge is 2.30. The van der Waals surface area contributed by atoms with E-state index in [-0.39, 0.29) is 62.4 Å². The van der Waals surface area contributed by atoms with E-state index < -0.39 is 34.6 Å². The van der Waals surface area contributed by atoms with Crippen molar-refractivity contribution in [2.45, 2.75) is 36.9 Å². The Hall–Kier alpha value is -4.40. The van der Waals surface area contributed by atoms with E-state index in [0.29, 0.717) is 11.1 Å². The Morgan fingerprint density at radius 2 is 1.71 bits per heavy atom. The Morgan fingerprint density at radius 1 is 1.02 bits per heavy atom. The van der Waals surface area contributed by atoms with E-state index in [1.807, 2.05) is 0 Å². The normalized spacial score (nSPS) is 13.6. The van der Waals surface area contributed by atoms with Gasteiger partial charge in [-0.3, -0.25) is 9.78 Å². The van der Waals surface area contributed by atoms with E-state index in [0.717, 1.165) is 29.1 Å². The van der Waals surface area contributed by atoms with Crippen LogP contribution in [0.1, 0.15) is 50.9 Å².